The Morgan fingerprint density at radius 2 is 1.93 bits per heavy atom. The van der Waals surface area contributed by atoms with E-state index < -0.39 is 0 Å². The minimum Gasteiger partial charge on any atom is -0.325 e. The fourth-order valence-electron chi connectivity index (χ4n) is 1.17. The first-order chi connectivity index (χ1) is 6.79. The molecule has 0 bridgehead atoms. The van der Waals surface area contributed by atoms with Gasteiger partial charge >= 0.3 is 0 Å². The SMILES string of the molecule is NCC1=C[N]C(c2ccc(F)cc2)=N1. The molecule has 2 N–H and O–H groups in total. The van der Waals surface area contributed by atoms with Crippen molar-refractivity contribution < 1.29 is 4.39 Å². The zero-order chi connectivity index (χ0) is 9.97. The van der Waals surface area contributed by atoms with Gasteiger partial charge in [-0.1, -0.05) is 0 Å². The smallest absolute Gasteiger partial charge is 0.159 e. The zero-order valence-corrected chi connectivity index (χ0v) is 7.44. The van der Waals surface area contributed by atoms with E-state index in [4.69, 9.17) is 5.73 Å². The molecule has 1 aromatic rings. The number of hydrogen-bond donors (Lipinski definition) is 1. The number of hydrogen-bond acceptors (Lipinski definition) is 2. The lowest BCUT2D eigenvalue weighted by atomic mass is 10.2. The molecule has 4 heteroatoms. The highest BCUT2D eigenvalue weighted by atomic mass is 19.1. The van der Waals surface area contributed by atoms with Gasteiger partial charge in [0.05, 0.1) is 11.9 Å². The maximum atomic E-state index is 12.6. The molecule has 1 heterocycles. The second-order valence-corrected chi connectivity index (χ2v) is 2.90. The number of nitrogens with zero attached hydrogens (tertiary/aromatic N) is 2. The van der Waals surface area contributed by atoms with E-state index in [0.717, 1.165) is 11.3 Å². The summed E-state index contributed by atoms with van der Waals surface area (Å²) in [4.78, 5) is 4.17. The molecule has 0 fully saturated rings. The molecule has 2 rings (SSSR count). The van der Waals surface area contributed by atoms with E-state index >= 15 is 0 Å². The first-order valence-electron chi connectivity index (χ1n) is 4.24. The van der Waals surface area contributed by atoms with Gasteiger partial charge < -0.3 is 5.73 Å². The van der Waals surface area contributed by atoms with Crippen molar-refractivity contribution in [2.24, 2.45) is 10.7 Å². The van der Waals surface area contributed by atoms with Crippen molar-refractivity contribution in [1.29, 1.82) is 0 Å². The van der Waals surface area contributed by atoms with Gasteiger partial charge in [-0.25, -0.2) is 14.7 Å². The number of nitrogens with two attached hydrogens (primary N) is 1. The third-order valence-corrected chi connectivity index (χ3v) is 1.90. The standard InChI is InChI=1S/C10H9FN3/c11-8-3-1-7(2-4-8)10-13-6-9(5-12)14-10/h1-4,6H,5,12H2. The lowest BCUT2D eigenvalue weighted by Gasteiger charge is -1.98. The Hall–Kier alpha value is -1.68. The summed E-state index contributed by atoms with van der Waals surface area (Å²) in [6.45, 7) is 0.369. The summed E-state index contributed by atoms with van der Waals surface area (Å²) in [7, 11) is 0. The summed E-state index contributed by atoms with van der Waals surface area (Å²) < 4.78 is 12.6. The van der Waals surface area contributed by atoms with E-state index in [0.29, 0.717) is 12.4 Å². The third kappa shape index (κ3) is 1.65. The van der Waals surface area contributed by atoms with Crippen LogP contribution in [-0.4, -0.2) is 12.4 Å². The molecule has 14 heavy (non-hydrogen) atoms. The van der Waals surface area contributed by atoms with Crippen LogP contribution in [0.5, 0.6) is 0 Å². The molecule has 0 spiro atoms. The Morgan fingerprint density at radius 3 is 2.50 bits per heavy atom. The molecule has 0 aliphatic carbocycles. The lowest BCUT2D eigenvalue weighted by molar-refractivity contribution is 0.627. The number of rotatable bonds is 2. The van der Waals surface area contributed by atoms with Gasteiger partial charge in [-0.15, -0.1) is 0 Å². The number of aliphatic imine (C=N–C) groups is 1. The number of halogens is 1. The normalized spacial score (nSPS) is 14.7. The maximum Gasteiger partial charge on any atom is 0.159 e. The minimum absolute atomic E-state index is 0.264. The van der Waals surface area contributed by atoms with E-state index in [9.17, 15) is 4.39 Å². The van der Waals surface area contributed by atoms with Crippen LogP contribution in [0.25, 0.3) is 0 Å². The average molecular weight is 190 g/mol. The summed E-state index contributed by atoms with van der Waals surface area (Å²) in [5, 5.41) is 4.07. The van der Waals surface area contributed by atoms with Crippen LogP contribution in [0.15, 0.2) is 41.2 Å². The van der Waals surface area contributed by atoms with Crippen molar-refractivity contribution in [3.05, 3.63) is 47.5 Å². The molecule has 0 unspecified atom stereocenters. The van der Waals surface area contributed by atoms with Crippen LogP contribution < -0.4 is 11.1 Å². The minimum atomic E-state index is -0.264. The summed E-state index contributed by atoms with van der Waals surface area (Å²) >= 11 is 0. The van der Waals surface area contributed by atoms with E-state index in [-0.39, 0.29) is 5.82 Å². The second-order valence-electron chi connectivity index (χ2n) is 2.90. The Bertz CT molecular complexity index is 392. The van der Waals surface area contributed by atoms with Gasteiger partial charge in [-0.3, -0.25) is 0 Å². The van der Waals surface area contributed by atoms with E-state index in [2.05, 4.69) is 10.3 Å². The monoisotopic (exact) mass is 190 g/mol. The molecule has 0 saturated heterocycles. The average Bonchev–Trinajstić information content (AvgIpc) is 2.67. The van der Waals surface area contributed by atoms with Crippen LogP contribution in [0.3, 0.4) is 0 Å². The molecule has 71 valence electrons. The summed E-state index contributed by atoms with van der Waals surface area (Å²) in [5.41, 5.74) is 6.94. The Morgan fingerprint density at radius 1 is 1.21 bits per heavy atom. The topological polar surface area (TPSA) is 52.5 Å². The lowest BCUT2D eigenvalue weighted by Crippen LogP contribution is -2.07. The molecule has 1 aliphatic rings. The Labute approximate surface area is 81.1 Å². The van der Waals surface area contributed by atoms with Crippen molar-refractivity contribution in [3.63, 3.8) is 0 Å². The highest BCUT2D eigenvalue weighted by Crippen LogP contribution is 2.10. The van der Waals surface area contributed by atoms with E-state index in [1.54, 1.807) is 18.3 Å². The van der Waals surface area contributed by atoms with Gasteiger partial charge in [-0.05, 0) is 24.3 Å². The molecule has 1 radical (unpaired) electrons. The summed E-state index contributed by atoms with van der Waals surface area (Å²) in [5.74, 6) is 0.324. The van der Waals surface area contributed by atoms with E-state index in [1.165, 1.54) is 12.1 Å². The van der Waals surface area contributed by atoms with Gasteiger partial charge in [-0.2, -0.15) is 0 Å². The van der Waals surface area contributed by atoms with Crippen molar-refractivity contribution in [2.45, 2.75) is 0 Å². The second kappa shape index (κ2) is 3.59. The van der Waals surface area contributed by atoms with Gasteiger partial charge in [0, 0.05) is 12.1 Å². The summed E-state index contributed by atoms with van der Waals surface area (Å²) in [6.07, 6.45) is 1.62. The van der Waals surface area contributed by atoms with Crippen LogP contribution in [0.2, 0.25) is 0 Å². The molecule has 1 aromatic carbocycles. The molecule has 1 aliphatic heterocycles. The van der Waals surface area contributed by atoms with Gasteiger partial charge in [0.2, 0.25) is 0 Å². The highest BCUT2D eigenvalue weighted by Gasteiger charge is 2.10. The summed E-state index contributed by atoms with van der Waals surface area (Å²) in [6, 6.07) is 6.05. The molecule has 0 saturated carbocycles. The van der Waals surface area contributed by atoms with Crippen molar-refractivity contribution in [2.75, 3.05) is 6.54 Å². The first-order valence-corrected chi connectivity index (χ1v) is 4.24. The molecule has 0 amide bonds. The fraction of sp³-hybridized carbons (Fsp3) is 0.100. The zero-order valence-electron chi connectivity index (χ0n) is 7.44. The van der Waals surface area contributed by atoms with Crippen LogP contribution >= 0.6 is 0 Å². The van der Waals surface area contributed by atoms with Gasteiger partial charge in [0.25, 0.3) is 0 Å². The maximum absolute atomic E-state index is 12.6. The third-order valence-electron chi connectivity index (χ3n) is 1.90. The molecule has 0 atom stereocenters. The van der Waals surface area contributed by atoms with Crippen LogP contribution in [0, 0.1) is 5.82 Å². The van der Waals surface area contributed by atoms with Crippen LogP contribution in [-0.2, 0) is 0 Å². The van der Waals surface area contributed by atoms with E-state index in [1.807, 2.05) is 0 Å². The predicted molar refractivity (Wildman–Crippen MR) is 52.2 cm³/mol. The molecule has 0 aromatic heterocycles. The van der Waals surface area contributed by atoms with Crippen molar-refractivity contribution in [1.82, 2.24) is 5.32 Å². The van der Waals surface area contributed by atoms with Crippen molar-refractivity contribution in [3.8, 4) is 0 Å². The van der Waals surface area contributed by atoms with Gasteiger partial charge in [0.1, 0.15) is 5.82 Å². The fourth-order valence-corrected chi connectivity index (χ4v) is 1.17. The largest absolute Gasteiger partial charge is 0.325 e. The Kier molecular flexibility index (Phi) is 2.28. The first kappa shape index (κ1) is 8.90. The quantitative estimate of drug-likeness (QED) is 0.742. The van der Waals surface area contributed by atoms with Crippen LogP contribution in [0.1, 0.15) is 5.56 Å². The van der Waals surface area contributed by atoms with Crippen LogP contribution in [0.4, 0.5) is 4.39 Å². The highest BCUT2D eigenvalue weighted by molar-refractivity contribution is 6.01. The number of amidine groups is 1. The predicted octanol–water partition coefficient (Wildman–Crippen LogP) is 0.990. The molecular weight excluding hydrogens is 181 g/mol. The molecule has 3 nitrogen and oxygen atoms in total. The Balaban J connectivity index is 2.22. The van der Waals surface area contributed by atoms with Gasteiger partial charge in [0.15, 0.2) is 5.84 Å². The number of benzene rings is 1. The van der Waals surface area contributed by atoms with Crippen molar-refractivity contribution >= 4 is 5.84 Å². The molecular formula is C10H9FN3.